The SMILES string of the molecule is CCNC(=NCc1cccc(O)c1)NCCc1ccccc1Cl. The molecule has 0 amide bonds. The predicted octanol–water partition coefficient (Wildman–Crippen LogP) is 3.34. The van der Waals surface area contributed by atoms with E-state index in [1.807, 2.05) is 43.3 Å². The zero-order valence-electron chi connectivity index (χ0n) is 13.2. The van der Waals surface area contributed by atoms with Gasteiger partial charge in [0.05, 0.1) is 6.54 Å². The molecule has 4 nitrogen and oxygen atoms in total. The number of aliphatic imine (C=N–C) groups is 1. The van der Waals surface area contributed by atoms with Crippen molar-refractivity contribution in [2.45, 2.75) is 19.9 Å². The number of aromatic hydroxyl groups is 1. The summed E-state index contributed by atoms with van der Waals surface area (Å²) in [4.78, 5) is 4.53. The van der Waals surface area contributed by atoms with Gasteiger partial charge in [0.2, 0.25) is 0 Å². The third-order valence-corrected chi connectivity index (χ3v) is 3.69. The van der Waals surface area contributed by atoms with Crippen LogP contribution in [0.4, 0.5) is 0 Å². The number of hydrogen-bond donors (Lipinski definition) is 3. The summed E-state index contributed by atoms with van der Waals surface area (Å²) in [6, 6.07) is 15.0. The van der Waals surface area contributed by atoms with E-state index in [9.17, 15) is 5.11 Å². The highest BCUT2D eigenvalue weighted by molar-refractivity contribution is 6.31. The first-order valence-corrected chi connectivity index (χ1v) is 8.10. The third-order valence-electron chi connectivity index (χ3n) is 3.32. The van der Waals surface area contributed by atoms with E-state index in [2.05, 4.69) is 15.6 Å². The van der Waals surface area contributed by atoms with Crippen molar-refractivity contribution in [1.82, 2.24) is 10.6 Å². The van der Waals surface area contributed by atoms with Gasteiger partial charge < -0.3 is 15.7 Å². The molecule has 0 aliphatic heterocycles. The Hall–Kier alpha value is -2.20. The molecule has 2 rings (SSSR count). The second kappa shape index (κ2) is 9.06. The number of benzene rings is 2. The van der Waals surface area contributed by atoms with Crippen LogP contribution in [0.25, 0.3) is 0 Å². The number of rotatable bonds is 6. The van der Waals surface area contributed by atoms with Crippen LogP contribution in [0.15, 0.2) is 53.5 Å². The molecule has 0 aromatic heterocycles. The minimum absolute atomic E-state index is 0.259. The zero-order chi connectivity index (χ0) is 16.5. The van der Waals surface area contributed by atoms with Gasteiger partial charge >= 0.3 is 0 Å². The molecule has 0 heterocycles. The molecule has 0 fully saturated rings. The lowest BCUT2D eigenvalue weighted by Gasteiger charge is -2.12. The fraction of sp³-hybridized carbons (Fsp3) is 0.278. The van der Waals surface area contributed by atoms with Gasteiger partial charge in [0.1, 0.15) is 5.75 Å². The van der Waals surface area contributed by atoms with E-state index in [0.29, 0.717) is 6.54 Å². The van der Waals surface area contributed by atoms with Gasteiger partial charge in [-0.05, 0) is 42.7 Å². The average Bonchev–Trinajstić information content (AvgIpc) is 2.54. The lowest BCUT2D eigenvalue weighted by atomic mass is 10.1. The van der Waals surface area contributed by atoms with Gasteiger partial charge in [-0.3, -0.25) is 0 Å². The van der Waals surface area contributed by atoms with Gasteiger partial charge in [0, 0.05) is 18.1 Å². The molecule has 0 saturated heterocycles. The summed E-state index contributed by atoms with van der Waals surface area (Å²) in [7, 11) is 0. The summed E-state index contributed by atoms with van der Waals surface area (Å²) >= 11 is 6.16. The van der Waals surface area contributed by atoms with Gasteiger partial charge in [0.25, 0.3) is 0 Å². The van der Waals surface area contributed by atoms with E-state index >= 15 is 0 Å². The monoisotopic (exact) mass is 331 g/mol. The van der Waals surface area contributed by atoms with Crippen molar-refractivity contribution in [3.8, 4) is 5.75 Å². The van der Waals surface area contributed by atoms with Crippen molar-refractivity contribution >= 4 is 17.6 Å². The van der Waals surface area contributed by atoms with Crippen LogP contribution in [0.2, 0.25) is 5.02 Å². The molecule has 0 spiro atoms. The first-order chi connectivity index (χ1) is 11.2. The number of halogens is 1. The highest BCUT2D eigenvalue weighted by Crippen LogP contribution is 2.15. The molecule has 0 radical (unpaired) electrons. The standard InChI is InChI=1S/C18H22ClN3O/c1-2-20-18(22-13-14-6-5-8-16(23)12-14)21-11-10-15-7-3-4-9-17(15)19/h3-9,12,23H,2,10-11,13H2,1H3,(H2,20,21,22). The Morgan fingerprint density at radius 1 is 1.13 bits per heavy atom. The van der Waals surface area contributed by atoms with E-state index in [-0.39, 0.29) is 5.75 Å². The summed E-state index contributed by atoms with van der Waals surface area (Å²) in [6.07, 6.45) is 0.830. The van der Waals surface area contributed by atoms with E-state index < -0.39 is 0 Å². The number of phenolic OH excluding ortho intramolecular Hbond substituents is 1. The molecule has 2 aromatic rings. The van der Waals surface area contributed by atoms with Crippen molar-refractivity contribution < 1.29 is 5.11 Å². The van der Waals surface area contributed by atoms with Gasteiger partial charge in [-0.15, -0.1) is 0 Å². The molecule has 0 unspecified atom stereocenters. The van der Waals surface area contributed by atoms with E-state index in [1.54, 1.807) is 12.1 Å². The molecule has 5 heteroatoms. The van der Waals surface area contributed by atoms with Crippen molar-refractivity contribution in [3.63, 3.8) is 0 Å². The molecule has 122 valence electrons. The van der Waals surface area contributed by atoms with E-state index in [1.165, 1.54) is 0 Å². The summed E-state index contributed by atoms with van der Waals surface area (Å²) in [5, 5.41) is 16.8. The van der Waals surface area contributed by atoms with Crippen molar-refractivity contribution in [3.05, 3.63) is 64.7 Å². The molecular formula is C18H22ClN3O. The molecule has 0 bridgehead atoms. The molecule has 23 heavy (non-hydrogen) atoms. The number of nitrogens with zero attached hydrogens (tertiary/aromatic N) is 1. The Bertz CT molecular complexity index is 658. The van der Waals surface area contributed by atoms with E-state index in [4.69, 9.17) is 11.6 Å². The molecule has 0 saturated carbocycles. The molecular weight excluding hydrogens is 310 g/mol. The number of nitrogens with one attached hydrogen (secondary N) is 2. The summed E-state index contributed by atoms with van der Waals surface area (Å²) in [5.41, 5.74) is 2.08. The Kier molecular flexibility index (Phi) is 6.76. The van der Waals surface area contributed by atoms with Crippen LogP contribution in [-0.2, 0) is 13.0 Å². The fourth-order valence-corrected chi connectivity index (χ4v) is 2.41. The minimum atomic E-state index is 0.259. The number of guanidine groups is 1. The van der Waals surface area contributed by atoms with Crippen LogP contribution in [0.1, 0.15) is 18.1 Å². The number of hydrogen-bond acceptors (Lipinski definition) is 2. The maximum atomic E-state index is 9.48. The van der Waals surface area contributed by atoms with Crippen molar-refractivity contribution in [2.75, 3.05) is 13.1 Å². The minimum Gasteiger partial charge on any atom is -0.508 e. The third kappa shape index (κ3) is 5.83. The average molecular weight is 332 g/mol. The summed E-state index contributed by atoms with van der Waals surface area (Å²) < 4.78 is 0. The smallest absolute Gasteiger partial charge is 0.191 e. The normalized spacial score (nSPS) is 11.3. The molecule has 0 atom stereocenters. The second-order valence-corrected chi connectivity index (χ2v) is 5.54. The molecule has 2 aromatic carbocycles. The zero-order valence-corrected chi connectivity index (χ0v) is 14.0. The maximum Gasteiger partial charge on any atom is 0.191 e. The van der Waals surface area contributed by atoms with Crippen LogP contribution in [0.5, 0.6) is 5.75 Å². The van der Waals surface area contributed by atoms with E-state index in [0.717, 1.165) is 41.6 Å². The highest BCUT2D eigenvalue weighted by Gasteiger charge is 2.01. The first kappa shape index (κ1) is 17.2. The number of phenols is 1. The maximum absolute atomic E-state index is 9.48. The van der Waals surface area contributed by atoms with Crippen molar-refractivity contribution in [2.24, 2.45) is 4.99 Å². The Labute approximate surface area is 142 Å². The van der Waals surface area contributed by atoms with Crippen molar-refractivity contribution in [1.29, 1.82) is 0 Å². The largest absolute Gasteiger partial charge is 0.508 e. The Balaban J connectivity index is 1.90. The topological polar surface area (TPSA) is 56.7 Å². The second-order valence-electron chi connectivity index (χ2n) is 5.13. The highest BCUT2D eigenvalue weighted by atomic mass is 35.5. The molecule has 3 N–H and O–H groups in total. The Morgan fingerprint density at radius 3 is 2.70 bits per heavy atom. The lowest BCUT2D eigenvalue weighted by molar-refractivity contribution is 0.474. The van der Waals surface area contributed by atoms with Gasteiger partial charge in [0.15, 0.2) is 5.96 Å². The van der Waals surface area contributed by atoms with Crippen LogP contribution in [0.3, 0.4) is 0 Å². The van der Waals surface area contributed by atoms with Gasteiger partial charge in [-0.2, -0.15) is 0 Å². The fourth-order valence-electron chi connectivity index (χ4n) is 2.18. The van der Waals surface area contributed by atoms with Gasteiger partial charge in [-0.1, -0.05) is 41.9 Å². The van der Waals surface area contributed by atoms with Crippen LogP contribution >= 0.6 is 11.6 Å². The van der Waals surface area contributed by atoms with Crippen LogP contribution in [-0.4, -0.2) is 24.2 Å². The quantitative estimate of drug-likeness (QED) is 0.562. The van der Waals surface area contributed by atoms with Crippen LogP contribution in [0, 0.1) is 0 Å². The summed E-state index contributed by atoms with van der Waals surface area (Å²) in [5.74, 6) is 1.01. The lowest BCUT2D eigenvalue weighted by Crippen LogP contribution is -2.38. The van der Waals surface area contributed by atoms with Gasteiger partial charge in [-0.25, -0.2) is 4.99 Å². The predicted molar refractivity (Wildman–Crippen MR) is 96.1 cm³/mol. The molecule has 0 aliphatic rings. The first-order valence-electron chi connectivity index (χ1n) is 7.72. The summed E-state index contributed by atoms with van der Waals surface area (Å²) in [6.45, 7) is 4.07. The Morgan fingerprint density at radius 2 is 1.96 bits per heavy atom. The molecule has 0 aliphatic carbocycles. The van der Waals surface area contributed by atoms with Crippen LogP contribution < -0.4 is 10.6 Å².